The Balaban J connectivity index is 1.10. The van der Waals surface area contributed by atoms with E-state index in [1.54, 1.807) is 0 Å². The van der Waals surface area contributed by atoms with Gasteiger partial charge >= 0.3 is 5.69 Å². The summed E-state index contributed by atoms with van der Waals surface area (Å²) in [6.07, 6.45) is 3.17. The molecular weight excluding hydrogens is 468 g/mol. The molecule has 1 aliphatic carbocycles. The standard InChI is InChI=1S/C28H28N6O3/c35-26(20-16-24-25(29-17-20)34(23-10-11-23)28(37)31-27(24)36)30-21-6-8-22(9-7-21)33-14-12-32(13-15-33)18-19-4-2-1-3-5-19/h1-9,16-17,23H,10-15,18H2,(H,30,35)(H,31,36,37). The first-order chi connectivity index (χ1) is 18.0. The summed E-state index contributed by atoms with van der Waals surface area (Å²) in [6, 6.07) is 19.9. The number of H-pyrrole nitrogens is 1. The van der Waals surface area contributed by atoms with E-state index in [2.05, 4.69) is 49.4 Å². The van der Waals surface area contributed by atoms with Crippen molar-refractivity contribution in [2.75, 3.05) is 36.4 Å². The fraction of sp³-hybridized carbons (Fsp3) is 0.286. The van der Waals surface area contributed by atoms with Crippen LogP contribution >= 0.6 is 0 Å². The summed E-state index contributed by atoms with van der Waals surface area (Å²) >= 11 is 0. The van der Waals surface area contributed by atoms with Crippen LogP contribution in [-0.2, 0) is 6.54 Å². The van der Waals surface area contributed by atoms with E-state index in [0.29, 0.717) is 11.3 Å². The number of carbonyl (C=O) groups is 1. The molecule has 1 saturated heterocycles. The van der Waals surface area contributed by atoms with Gasteiger partial charge in [-0.3, -0.25) is 24.0 Å². The highest BCUT2D eigenvalue weighted by Gasteiger charge is 2.28. The van der Waals surface area contributed by atoms with Gasteiger partial charge in [0.2, 0.25) is 0 Å². The molecule has 37 heavy (non-hydrogen) atoms. The van der Waals surface area contributed by atoms with Crippen LogP contribution in [0.3, 0.4) is 0 Å². The number of hydrogen-bond acceptors (Lipinski definition) is 6. The molecule has 9 nitrogen and oxygen atoms in total. The topological polar surface area (TPSA) is 103 Å². The average molecular weight is 497 g/mol. The maximum absolute atomic E-state index is 12.9. The van der Waals surface area contributed by atoms with Gasteiger partial charge in [-0.2, -0.15) is 0 Å². The lowest BCUT2D eigenvalue weighted by Gasteiger charge is -2.36. The van der Waals surface area contributed by atoms with Crippen molar-refractivity contribution in [1.82, 2.24) is 19.4 Å². The summed E-state index contributed by atoms with van der Waals surface area (Å²) in [5, 5.41) is 3.12. The maximum Gasteiger partial charge on any atom is 0.330 e. The Labute approximate surface area is 213 Å². The third-order valence-electron chi connectivity index (χ3n) is 7.06. The van der Waals surface area contributed by atoms with Crippen molar-refractivity contribution in [3.05, 3.63) is 98.8 Å². The first kappa shape index (κ1) is 23.2. The van der Waals surface area contributed by atoms with E-state index in [9.17, 15) is 14.4 Å². The van der Waals surface area contributed by atoms with Crippen LogP contribution in [0, 0.1) is 0 Å². The van der Waals surface area contributed by atoms with Crippen LogP contribution in [0.15, 0.2) is 76.4 Å². The molecule has 0 spiro atoms. The lowest BCUT2D eigenvalue weighted by molar-refractivity contribution is 0.102. The van der Waals surface area contributed by atoms with Gasteiger partial charge in [0.15, 0.2) is 0 Å². The molecule has 188 valence electrons. The highest BCUT2D eigenvalue weighted by Crippen LogP contribution is 2.34. The first-order valence-electron chi connectivity index (χ1n) is 12.6. The maximum atomic E-state index is 12.9. The van der Waals surface area contributed by atoms with Gasteiger partial charge in [-0.25, -0.2) is 9.78 Å². The summed E-state index contributed by atoms with van der Waals surface area (Å²) in [6.45, 7) is 4.85. The number of nitrogens with one attached hydrogen (secondary N) is 2. The Morgan fingerprint density at radius 2 is 1.70 bits per heavy atom. The zero-order valence-electron chi connectivity index (χ0n) is 20.4. The van der Waals surface area contributed by atoms with Crippen molar-refractivity contribution in [2.45, 2.75) is 25.4 Å². The summed E-state index contributed by atoms with van der Waals surface area (Å²) in [5.41, 5.74) is 2.70. The van der Waals surface area contributed by atoms with Crippen molar-refractivity contribution in [1.29, 1.82) is 0 Å². The SMILES string of the molecule is O=C(Nc1ccc(N2CCN(Cc3ccccc3)CC2)cc1)c1cnc2c(c1)c(=O)[nH]c(=O)n2C1CC1. The molecule has 3 heterocycles. The van der Waals surface area contributed by atoms with E-state index < -0.39 is 11.2 Å². The van der Waals surface area contributed by atoms with Crippen LogP contribution < -0.4 is 21.5 Å². The van der Waals surface area contributed by atoms with Crippen LogP contribution in [-0.4, -0.2) is 51.5 Å². The number of aromatic amines is 1. The zero-order chi connectivity index (χ0) is 25.4. The van der Waals surface area contributed by atoms with Crippen LogP contribution in [0.25, 0.3) is 11.0 Å². The molecule has 9 heteroatoms. The highest BCUT2D eigenvalue weighted by molar-refractivity contribution is 6.05. The summed E-state index contributed by atoms with van der Waals surface area (Å²) in [7, 11) is 0. The van der Waals surface area contributed by atoms with Crippen molar-refractivity contribution >= 4 is 28.3 Å². The van der Waals surface area contributed by atoms with Crippen LogP contribution in [0.1, 0.15) is 34.8 Å². The van der Waals surface area contributed by atoms with E-state index in [1.807, 2.05) is 30.3 Å². The highest BCUT2D eigenvalue weighted by atomic mass is 16.2. The van der Waals surface area contributed by atoms with Crippen molar-refractivity contribution in [3.8, 4) is 0 Å². The normalized spacial score (nSPS) is 16.2. The number of hydrogen-bond donors (Lipinski definition) is 2. The Bertz CT molecular complexity index is 1550. The molecule has 6 rings (SSSR count). The Morgan fingerprint density at radius 1 is 0.973 bits per heavy atom. The van der Waals surface area contributed by atoms with E-state index in [0.717, 1.165) is 51.3 Å². The second-order valence-electron chi connectivity index (χ2n) is 9.71. The minimum atomic E-state index is -0.535. The van der Waals surface area contributed by atoms with Crippen molar-refractivity contribution in [3.63, 3.8) is 0 Å². The lowest BCUT2D eigenvalue weighted by Crippen LogP contribution is -2.45. The molecular formula is C28H28N6O3. The number of nitrogens with zero attached hydrogens (tertiary/aromatic N) is 4. The third kappa shape index (κ3) is 4.90. The number of anilines is 2. The minimum Gasteiger partial charge on any atom is -0.369 e. The number of aromatic nitrogens is 3. The van der Waals surface area contributed by atoms with Gasteiger partial charge < -0.3 is 10.2 Å². The molecule has 0 unspecified atom stereocenters. The van der Waals surface area contributed by atoms with Crippen LogP contribution in [0.4, 0.5) is 11.4 Å². The van der Waals surface area contributed by atoms with E-state index >= 15 is 0 Å². The molecule has 2 N–H and O–H groups in total. The molecule has 0 bridgehead atoms. The predicted molar refractivity (Wildman–Crippen MR) is 143 cm³/mol. The fourth-order valence-electron chi connectivity index (χ4n) is 4.90. The molecule has 1 aliphatic heterocycles. The van der Waals surface area contributed by atoms with Gasteiger partial charge in [0, 0.05) is 56.3 Å². The molecule has 1 saturated carbocycles. The molecule has 2 aromatic heterocycles. The number of piperazine rings is 1. The van der Waals surface area contributed by atoms with Crippen LogP contribution in [0.2, 0.25) is 0 Å². The second kappa shape index (κ2) is 9.67. The molecule has 2 fully saturated rings. The van der Waals surface area contributed by atoms with Crippen molar-refractivity contribution in [2.24, 2.45) is 0 Å². The van der Waals surface area contributed by atoms with Gasteiger partial charge in [-0.15, -0.1) is 0 Å². The number of rotatable bonds is 6. The predicted octanol–water partition coefficient (Wildman–Crippen LogP) is 2.99. The largest absolute Gasteiger partial charge is 0.369 e. The van der Waals surface area contributed by atoms with E-state index in [1.165, 1.54) is 22.4 Å². The van der Waals surface area contributed by atoms with Gasteiger partial charge in [0.1, 0.15) is 5.65 Å². The smallest absolute Gasteiger partial charge is 0.330 e. The van der Waals surface area contributed by atoms with Crippen LogP contribution in [0.5, 0.6) is 0 Å². The van der Waals surface area contributed by atoms with Gasteiger partial charge in [-0.05, 0) is 48.7 Å². The molecule has 1 amide bonds. The van der Waals surface area contributed by atoms with Gasteiger partial charge in [0.25, 0.3) is 11.5 Å². The molecule has 2 aromatic carbocycles. The summed E-state index contributed by atoms with van der Waals surface area (Å²) in [5.74, 6) is -0.361. The molecule has 4 aromatic rings. The summed E-state index contributed by atoms with van der Waals surface area (Å²) < 4.78 is 1.51. The third-order valence-corrected chi connectivity index (χ3v) is 7.06. The average Bonchev–Trinajstić information content (AvgIpc) is 3.75. The molecule has 2 aliphatic rings. The number of carbonyl (C=O) groups excluding carboxylic acids is 1. The van der Waals surface area contributed by atoms with E-state index in [4.69, 9.17) is 0 Å². The second-order valence-corrected chi connectivity index (χ2v) is 9.71. The van der Waals surface area contributed by atoms with Gasteiger partial charge in [0.05, 0.1) is 10.9 Å². The number of benzene rings is 2. The number of fused-ring (bicyclic) bond motifs is 1. The fourth-order valence-corrected chi connectivity index (χ4v) is 4.90. The number of pyridine rings is 1. The van der Waals surface area contributed by atoms with E-state index in [-0.39, 0.29) is 22.9 Å². The quantitative estimate of drug-likeness (QED) is 0.425. The Hall–Kier alpha value is -4.24. The minimum absolute atomic E-state index is 0.0596. The monoisotopic (exact) mass is 496 g/mol. The Kier molecular flexibility index (Phi) is 6.05. The lowest BCUT2D eigenvalue weighted by atomic mass is 10.2. The van der Waals surface area contributed by atoms with Gasteiger partial charge in [-0.1, -0.05) is 30.3 Å². The first-order valence-corrected chi connectivity index (χ1v) is 12.6. The Morgan fingerprint density at radius 3 is 2.41 bits per heavy atom. The summed E-state index contributed by atoms with van der Waals surface area (Å²) in [4.78, 5) is 48.9. The van der Waals surface area contributed by atoms with Crippen molar-refractivity contribution < 1.29 is 4.79 Å². The number of amides is 1. The zero-order valence-corrected chi connectivity index (χ0v) is 20.4. The molecule has 0 atom stereocenters. The molecule has 0 radical (unpaired) electrons.